The van der Waals surface area contributed by atoms with Crippen LogP contribution in [0.4, 0.5) is 10.2 Å². The first-order valence-corrected chi connectivity index (χ1v) is 12.4. The van der Waals surface area contributed by atoms with E-state index in [1.54, 1.807) is 12.1 Å². The van der Waals surface area contributed by atoms with Crippen molar-refractivity contribution in [1.82, 2.24) is 14.9 Å². The molecule has 0 amide bonds. The number of nitrogens with zero attached hydrogens (tertiary/aromatic N) is 5. The van der Waals surface area contributed by atoms with Gasteiger partial charge in [0, 0.05) is 19.6 Å². The summed E-state index contributed by atoms with van der Waals surface area (Å²) in [6.45, 7) is 8.65. The highest BCUT2D eigenvalue weighted by Gasteiger charge is 2.30. The van der Waals surface area contributed by atoms with E-state index in [1.165, 1.54) is 6.07 Å². The average molecular weight is 474 g/mol. The molecule has 1 N–H and O–H groups in total. The van der Waals surface area contributed by atoms with Crippen LogP contribution in [0.1, 0.15) is 49.9 Å². The van der Waals surface area contributed by atoms with Crippen LogP contribution in [-0.2, 0) is 0 Å². The number of benzene rings is 1. The van der Waals surface area contributed by atoms with Crippen molar-refractivity contribution in [2.45, 2.75) is 44.8 Å². The number of aromatic nitrogens is 1. The number of hydrazone groups is 1. The highest BCUT2D eigenvalue weighted by atomic mass is 19.1. The zero-order valence-electron chi connectivity index (χ0n) is 20.1. The molecule has 2 fully saturated rings. The van der Waals surface area contributed by atoms with Gasteiger partial charge in [-0.2, -0.15) is 0 Å². The number of aliphatic hydroxyl groups is 1. The molecule has 182 valence electrons. The van der Waals surface area contributed by atoms with Crippen molar-refractivity contribution >= 4 is 17.4 Å². The van der Waals surface area contributed by atoms with E-state index in [2.05, 4.69) is 16.4 Å². The molecule has 4 heterocycles. The van der Waals surface area contributed by atoms with Gasteiger partial charge in [-0.3, -0.25) is 0 Å². The third-order valence-electron chi connectivity index (χ3n) is 6.97. The fraction of sp³-hybridized carbons (Fsp3) is 0.357. The van der Waals surface area contributed by atoms with Crippen molar-refractivity contribution in [2.75, 3.05) is 24.5 Å². The number of pyridine rings is 1. The van der Waals surface area contributed by atoms with Crippen LogP contribution >= 0.6 is 0 Å². The summed E-state index contributed by atoms with van der Waals surface area (Å²) in [5, 5.41) is 16.7. The Hall–Kier alpha value is -3.45. The zero-order chi connectivity index (χ0) is 24.4. The van der Waals surface area contributed by atoms with Crippen molar-refractivity contribution in [3.63, 3.8) is 0 Å². The van der Waals surface area contributed by atoms with E-state index >= 15 is 0 Å². The molecule has 2 saturated heterocycles. The molecular weight excluding hydrogens is 441 g/mol. The van der Waals surface area contributed by atoms with Crippen LogP contribution in [0.15, 0.2) is 78.1 Å². The second-order valence-electron chi connectivity index (χ2n) is 9.27. The number of hydrogen-bond acceptors (Lipinski definition) is 6. The molecule has 2 aromatic rings. The lowest BCUT2D eigenvalue weighted by atomic mass is 10.0. The Kier molecular flexibility index (Phi) is 6.68. The summed E-state index contributed by atoms with van der Waals surface area (Å²) in [7, 11) is 0. The summed E-state index contributed by atoms with van der Waals surface area (Å²) in [5.41, 5.74) is 3.41. The van der Waals surface area contributed by atoms with E-state index < -0.39 is 0 Å². The van der Waals surface area contributed by atoms with Gasteiger partial charge in [0.05, 0.1) is 29.2 Å². The molecule has 35 heavy (non-hydrogen) atoms. The summed E-state index contributed by atoms with van der Waals surface area (Å²) in [6.07, 6.45) is 9.25. The van der Waals surface area contributed by atoms with E-state index in [1.807, 2.05) is 54.4 Å². The fourth-order valence-corrected chi connectivity index (χ4v) is 5.12. The summed E-state index contributed by atoms with van der Waals surface area (Å²) in [6, 6.07) is 13.0. The molecule has 1 aromatic carbocycles. The Morgan fingerprint density at radius 2 is 1.89 bits per heavy atom. The molecule has 1 unspecified atom stereocenters. The Balaban J connectivity index is 1.42. The lowest BCUT2D eigenvalue weighted by Gasteiger charge is -2.33. The number of hydrogen-bond donors (Lipinski definition) is 1. The van der Waals surface area contributed by atoms with Crippen molar-refractivity contribution < 1.29 is 9.50 Å². The predicted octanol–water partition coefficient (Wildman–Crippen LogP) is 5.08. The lowest BCUT2D eigenvalue weighted by Crippen LogP contribution is -2.36. The van der Waals surface area contributed by atoms with Crippen LogP contribution in [-0.4, -0.2) is 51.6 Å². The summed E-state index contributed by atoms with van der Waals surface area (Å²) < 4.78 is 13.9. The van der Waals surface area contributed by atoms with Gasteiger partial charge in [0.25, 0.3) is 0 Å². The molecule has 0 spiro atoms. The monoisotopic (exact) mass is 473 g/mol. The molecule has 7 heteroatoms. The lowest BCUT2D eigenvalue weighted by molar-refractivity contribution is 0.145. The smallest absolute Gasteiger partial charge is 0.150 e. The Bertz CT molecular complexity index is 1180. The summed E-state index contributed by atoms with van der Waals surface area (Å²) in [5.74, 6) is 1.53. The van der Waals surface area contributed by atoms with Crippen molar-refractivity contribution in [2.24, 2.45) is 5.10 Å². The van der Waals surface area contributed by atoms with E-state index in [-0.39, 0.29) is 18.0 Å². The van der Waals surface area contributed by atoms with Gasteiger partial charge in [0.15, 0.2) is 0 Å². The molecule has 3 aliphatic rings. The highest BCUT2D eigenvalue weighted by Crippen LogP contribution is 2.35. The number of anilines is 1. The second kappa shape index (κ2) is 10.0. The van der Waals surface area contributed by atoms with Crippen LogP contribution in [0.25, 0.3) is 5.70 Å². The quantitative estimate of drug-likeness (QED) is 0.671. The number of rotatable bonds is 4. The van der Waals surface area contributed by atoms with E-state index in [9.17, 15) is 9.50 Å². The van der Waals surface area contributed by atoms with Crippen LogP contribution in [0.2, 0.25) is 0 Å². The minimum absolute atomic E-state index is 0.0901. The maximum Gasteiger partial charge on any atom is 0.150 e. The van der Waals surface area contributed by atoms with Gasteiger partial charge in [0.2, 0.25) is 0 Å². The molecular formula is C28H32FN5O. The molecule has 0 bridgehead atoms. The molecule has 1 aromatic heterocycles. The van der Waals surface area contributed by atoms with Gasteiger partial charge in [-0.25, -0.2) is 14.4 Å². The topological polar surface area (TPSA) is 55.2 Å². The first kappa shape index (κ1) is 23.3. The largest absolute Gasteiger partial charge is 0.393 e. The van der Waals surface area contributed by atoms with Crippen LogP contribution < -0.4 is 4.90 Å². The van der Waals surface area contributed by atoms with E-state index in [0.717, 1.165) is 79.6 Å². The van der Waals surface area contributed by atoms with Gasteiger partial charge in [0.1, 0.15) is 17.5 Å². The van der Waals surface area contributed by atoms with Crippen LogP contribution in [0.3, 0.4) is 0 Å². The second-order valence-corrected chi connectivity index (χ2v) is 9.27. The SMILES string of the molecule is C=C1C=CC(N2CCCC2c2cccc(F)c2)=NN1/C(=C\C)c1cccc(N2CCC(O)CC2)n1. The van der Waals surface area contributed by atoms with Crippen molar-refractivity contribution in [1.29, 1.82) is 0 Å². The van der Waals surface area contributed by atoms with Gasteiger partial charge < -0.3 is 14.9 Å². The molecule has 0 aliphatic carbocycles. The summed E-state index contributed by atoms with van der Waals surface area (Å²) in [4.78, 5) is 9.41. The maximum atomic E-state index is 13.9. The first-order chi connectivity index (χ1) is 17.0. The average Bonchev–Trinajstić information content (AvgIpc) is 3.36. The zero-order valence-corrected chi connectivity index (χ0v) is 20.1. The number of piperidine rings is 1. The molecule has 5 rings (SSSR count). The molecule has 1 atom stereocenters. The Morgan fingerprint density at radius 1 is 1.09 bits per heavy atom. The van der Waals surface area contributed by atoms with Crippen LogP contribution in [0, 0.1) is 5.82 Å². The third kappa shape index (κ3) is 4.86. The number of halogens is 1. The maximum absolute atomic E-state index is 13.9. The molecule has 0 saturated carbocycles. The summed E-state index contributed by atoms with van der Waals surface area (Å²) >= 11 is 0. The van der Waals surface area contributed by atoms with Gasteiger partial charge in [-0.05, 0) is 74.6 Å². The normalized spacial score (nSPS) is 21.6. The van der Waals surface area contributed by atoms with Crippen molar-refractivity contribution in [3.05, 3.63) is 90.0 Å². The van der Waals surface area contributed by atoms with Gasteiger partial charge in [-0.15, -0.1) is 5.10 Å². The number of allylic oxidation sites excluding steroid dienone is 2. The van der Waals surface area contributed by atoms with Gasteiger partial charge in [-0.1, -0.05) is 30.9 Å². The number of likely N-dealkylation sites (tertiary alicyclic amines) is 1. The molecule has 3 aliphatic heterocycles. The number of amidine groups is 1. The molecule has 6 nitrogen and oxygen atoms in total. The third-order valence-corrected chi connectivity index (χ3v) is 6.97. The first-order valence-electron chi connectivity index (χ1n) is 12.4. The number of aliphatic hydroxyl groups excluding tert-OH is 1. The minimum Gasteiger partial charge on any atom is -0.393 e. The minimum atomic E-state index is -0.224. The fourth-order valence-electron chi connectivity index (χ4n) is 5.12. The predicted molar refractivity (Wildman–Crippen MR) is 138 cm³/mol. The van der Waals surface area contributed by atoms with E-state index in [0.29, 0.717) is 0 Å². The standard InChI is InChI=1S/C28H32FN5O/c1-3-25(24-9-5-11-27(30-24)32-17-14-23(35)15-18-32)34-20(2)12-13-28(31-34)33-16-6-10-26(33)21-7-4-8-22(29)19-21/h3-5,7-9,11-13,19,23,26,35H,2,6,10,14-18H2,1H3/b25-3-. The Labute approximate surface area is 206 Å². The van der Waals surface area contributed by atoms with Crippen LogP contribution in [0.5, 0.6) is 0 Å². The highest BCUT2D eigenvalue weighted by molar-refractivity contribution is 5.95. The Morgan fingerprint density at radius 3 is 2.66 bits per heavy atom. The molecule has 0 radical (unpaired) electrons. The van der Waals surface area contributed by atoms with E-state index in [4.69, 9.17) is 10.1 Å². The van der Waals surface area contributed by atoms with Crippen molar-refractivity contribution in [3.8, 4) is 0 Å². The van der Waals surface area contributed by atoms with Gasteiger partial charge >= 0.3 is 0 Å².